The molecule has 0 aliphatic heterocycles. The van der Waals surface area contributed by atoms with Crippen molar-refractivity contribution in [2.45, 2.75) is 33.6 Å². The minimum absolute atomic E-state index is 0.0610. The fourth-order valence-electron chi connectivity index (χ4n) is 2.30. The van der Waals surface area contributed by atoms with Crippen LogP contribution in [0.25, 0.3) is 0 Å². The van der Waals surface area contributed by atoms with E-state index >= 15 is 0 Å². The third kappa shape index (κ3) is 4.66. The molecule has 0 saturated carbocycles. The topological polar surface area (TPSA) is 47.6 Å². The number of nitrogens with one attached hydrogen (secondary N) is 1. The average Bonchev–Trinajstić information content (AvgIpc) is 2.44. The summed E-state index contributed by atoms with van der Waals surface area (Å²) in [7, 11) is 3.21. The molecule has 0 bridgehead atoms. The Bertz CT molecular complexity index is 469. The maximum Gasteiger partial charge on any atom is 0.227 e. The largest absolute Gasteiger partial charge is 0.493 e. The molecule has 118 valence electrons. The summed E-state index contributed by atoms with van der Waals surface area (Å²) >= 11 is 0. The van der Waals surface area contributed by atoms with Gasteiger partial charge in [0, 0.05) is 6.54 Å². The Labute approximate surface area is 127 Å². The smallest absolute Gasteiger partial charge is 0.227 e. The Balaban J connectivity index is 3.03. The molecule has 1 unspecified atom stereocenters. The van der Waals surface area contributed by atoms with Crippen LogP contribution in [0.15, 0.2) is 18.2 Å². The molecule has 1 aromatic carbocycles. The van der Waals surface area contributed by atoms with Gasteiger partial charge in [-0.1, -0.05) is 33.8 Å². The molecule has 0 heterocycles. The van der Waals surface area contributed by atoms with Gasteiger partial charge in [0.25, 0.3) is 0 Å². The van der Waals surface area contributed by atoms with Gasteiger partial charge in [0.2, 0.25) is 5.91 Å². The van der Waals surface area contributed by atoms with E-state index in [1.54, 1.807) is 14.2 Å². The van der Waals surface area contributed by atoms with Gasteiger partial charge in [-0.15, -0.1) is 0 Å². The van der Waals surface area contributed by atoms with Crippen molar-refractivity contribution in [1.82, 2.24) is 5.32 Å². The zero-order valence-electron chi connectivity index (χ0n) is 13.9. The van der Waals surface area contributed by atoms with Crippen molar-refractivity contribution >= 4 is 5.91 Å². The van der Waals surface area contributed by atoms with Gasteiger partial charge in [0.05, 0.1) is 20.1 Å². The lowest BCUT2D eigenvalue weighted by Gasteiger charge is -2.22. The number of amides is 1. The molecule has 1 amide bonds. The van der Waals surface area contributed by atoms with Crippen LogP contribution in [-0.4, -0.2) is 26.7 Å². The van der Waals surface area contributed by atoms with Crippen LogP contribution < -0.4 is 14.8 Å². The minimum Gasteiger partial charge on any atom is -0.493 e. The molecule has 4 heteroatoms. The molecule has 1 N–H and O–H groups in total. The molecule has 0 saturated heterocycles. The molecule has 0 aliphatic carbocycles. The van der Waals surface area contributed by atoms with Crippen molar-refractivity contribution in [2.75, 3.05) is 20.8 Å². The van der Waals surface area contributed by atoms with Gasteiger partial charge >= 0.3 is 0 Å². The molecule has 21 heavy (non-hydrogen) atoms. The van der Waals surface area contributed by atoms with Crippen molar-refractivity contribution in [1.29, 1.82) is 0 Å². The monoisotopic (exact) mass is 293 g/mol. The lowest BCUT2D eigenvalue weighted by Crippen LogP contribution is -2.34. The van der Waals surface area contributed by atoms with E-state index in [1.165, 1.54) is 0 Å². The number of ether oxygens (including phenoxy) is 2. The van der Waals surface area contributed by atoms with Crippen molar-refractivity contribution in [2.24, 2.45) is 11.8 Å². The number of benzene rings is 1. The number of carbonyl (C=O) groups excluding carboxylic acids is 1. The standard InChI is InChI=1S/C17H27NO3/c1-11(2)10-18-17(19)16(12(3)4)13-7-8-14(20-5)15(9-13)21-6/h7-9,11-12,16H,10H2,1-6H3,(H,18,19). The van der Waals surface area contributed by atoms with E-state index < -0.39 is 0 Å². The highest BCUT2D eigenvalue weighted by atomic mass is 16.5. The molecule has 0 radical (unpaired) electrons. The van der Waals surface area contributed by atoms with Gasteiger partial charge in [-0.2, -0.15) is 0 Å². The summed E-state index contributed by atoms with van der Waals surface area (Å²) in [5.41, 5.74) is 0.948. The van der Waals surface area contributed by atoms with Gasteiger partial charge < -0.3 is 14.8 Å². The molecule has 0 fully saturated rings. The molecule has 1 rings (SSSR count). The third-order valence-electron chi connectivity index (χ3n) is 3.40. The van der Waals surface area contributed by atoms with Crippen LogP contribution in [0.1, 0.15) is 39.2 Å². The first-order chi connectivity index (χ1) is 9.90. The Morgan fingerprint density at radius 3 is 2.19 bits per heavy atom. The van der Waals surface area contributed by atoms with E-state index in [0.29, 0.717) is 24.0 Å². The average molecular weight is 293 g/mol. The van der Waals surface area contributed by atoms with Crippen LogP contribution in [0.2, 0.25) is 0 Å². The van der Waals surface area contributed by atoms with E-state index in [0.717, 1.165) is 5.56 Å². The normalized spacial score (nSPS) is 12.4. The van der Waals surface area contributed by atoms with Crippen molar-refractivity contribution in [3.05, 3.63) is 23.8 Å². The van der Waals surface area contributed by atoms with Gasteiger partial charge in [-0.25, -0.2) is 0 Å². The highest BCUT2D eigenvalue weighted by molar-refractivity contribution is 5.84. The molecule has 0 aliphatic rings. The Hall–Kier alpha value is -1.71. The predicted octanol–water partition coefficient (Wildman–Crippen LogP) is 3.22. The predicted molar refractivity (Wildman–Crippen MR) is 85.0 cm³/mol. The first-order valence-electron chi connectivity index (χ1n) is 7.40. The third-order valence-corrected chi connectivity index (χ3v) is 3.40. The summed E-state index contributed by atoms with van der Waals surface area (Å²) in [6.07, 6.45) is 0. The van der Waals surface area contributed by atoms with E-state index in [1.807, 2.05) is 18.2 Å². The Morgan fingerprint density at radius 1 is 1.10 bits per heavy atom. The zero-order chi connectivity index (χ0) is 16.0. The van der Waals surface area contributed by atoms with Crippen LogP contribution in [0, 0.1) is 11.8 Å². The summed E-state index contributed by atoms with van der Waals surface area (Å²) in [5.74, 6) is 1.83. The summed E-state index contributed by atoms with van der Waals surface area (Å²) in [5, 5.41) is 3.02. The molecular formula is C17H27NO3. The number of carbonyl (C=O) groups is 1. The second kappa shape index (κ2) is 7.91. The lowest BCUT2D eigenvalue weighted by atomic mass is 9.87. The summed E-state index contributed by atoms with van der Waals surface area (Å²) in [6, 6.07) is 5.67. The number of methoxy groups -OCH3 is 2. The van der Waals surface area contributed by atoms with Crippen molar-refractivity contribution in [3.8, 4) is 11.5 Å². The van der Waals surface area contributed by atoms with Gasteiger partial charge in [-0.05, 0) is 29.5 Å². The van der Waals surface area contributed by atoms with Gasteiger partial charge in [0.15, 0.2) is 11.5 Å². The minimum atomic E-state index is -0.191. The first-order valence-corrected chi connectivity index (χ1v) is 7.40. The SMILES string of the molecule is COc1ccc(C(C(=O)NCC(C)C)C(C)C)cc1OC. The second-order valence-corrected chi connectivity index (χ2v) is 5.98. The maximum absolute atomic E-state index is 12.5. The molecule has 1 aromatic rings. The molecular weight excluding hydrogens is 266 g/mol. The van der Waals surface area contributed by atoms with Crippen LogP contribution in [0.4, 0.5) is 0 Å². The number of hydrogen-bond donors (Lipinski definition) is 1. The highest BCUT2D eigenvalue weighted by Gasteiger charge is 2.25. The van der Waals surface area contributed by atoms with Crippen LogP contribution >= 0.6 is 0 Å². The molecule has 4 nitrogen and oxygen atoms in total. The molecule has 0 spiro atoms. The van der Waals surface area contributed by atoms with Crippen LogP contribution in [-0.2, 0) is 4.79 Å². The summed E-state index contributed by atoms with van der Waals surface area (Å²) < 4.78 is 10.6. The maximum atomic E-state index is 12.5. The Morgan fingerprint density at radius 2 is 1.71 bits per heavy atom. The van der Waals surface area contributed by atoms with E-state index in [9.17, 15) is 4.79 Å². The molecule has 0 aromatic heterocycles. The zero-order valence-corrected chi connectivity index (χ0v) is 13.9. The van der Waals surface area contributed by atoms with Gasteiger partial charge in [0.1, 0.15) is 0 Å². The summed E-state index contributed by atoms with van der Waals surface area (Å²) in [6.45, 7) is 8.96. The second-order valence-electron chi connectivity index (χ2n) is 5.98. The van der Waals surface area contributed by atoms with Crippen LogP contribution in [0.3, 0.4) is 0 Å². The summed E-state index contributed by atoms with van der Waals surface area (Å²) in [4.78, 5) is 12.5. The van der Waals surface area contributed by atoms with Crippen LogP contribution in [0.5, 0.6) is 11.5 Å². The lowest BCUT2D eigenvalue weighted by molar-refractivity contribution is -0.123. The van der Waals surface area contributed by atoms with Gasteiger partial charge in [-0.3, -0.25) is 4.79 Å². The van der Waals surface area contributed by atoms with Crippen molar-refractivity contribution in [3.63, 3.8) is 0 Å². The fraction of sp³-hybridized carbons (Fsp3) is 0.588. The fourth-order valence-corrected chi connectivity index (χ4v) is 2.30. The Kier molecular flexibility index (Phi) is 6.53. The number of rotatable bonds is 7. The van der Waals surface area contributed by atoms with E-state index in [2.05, 4.69) is 33.0 Å². The van der Waals surface area contributed by atoms with E-state index in [4.69, 9.17) is 9.47 Å². The highest BCUT2D eigenvalue weighted by Crippen LogP contribution is 2.33. The van der Waals surface area contributed by atoms with E-state index in [-0.39, 0.29) is 17.7 Å². The first kappa shape index (κ1) is 17.3. The molecule has 1 atom stereocenters. The van der Waals surface area contributed by atoms with Crippen molar-refractivity contribution < 1.29 is 14.3 Å². The quantitative estimate of drug-likeness (QED) is 0.839. The number of hydrogen-bond acceptors (Lipinski definition) is 3.